The first kappa shape index (κ1) is 9.84. The number of pyridine rings is 1. The molecule has 3 heteroatoms. The Morgan fingerprint density at radius 1 is 1.00 bits per heavy atom. The van der Waals surface area contributed by atoms with Crippen LogP contribution in [0.15, 0.2) is 42.5 Å². The van der Waals surface area contributed by atoms with Gasteiger partial charge in [-0.1, -0.05) is 6.07 Å². The second-order valence-electron chi connectivity index (χ2n) is 3.67. The fourth-order valence-corrected chi connectivity index (χ4v) is 2.33. The highest BCUT2D eigenvalue weighted by atomic mass is 127. The molecule has 0 aliphatic rings. The summed E-state index contributed by atoms with van der Waals surface area (Å²) in [5.41, 5.74) is 1.78. The van der Waals surface area contributed by atoms with Crippen LogP contribution in [0.4, 0.5) is 0 Å². The van der Waals surface area contributed by atoms with Crippen LogP contribution in [0.25, 0.3) is 21.8 Å². The predicted octanol–water partition coefficient (Wildman–Crippen LogP) is 3.70. The van der Waals surface area contributed by atoms with Crippen molar-refractivity contribution in [3.05, 3.63) is 46.0 Å². The third-order valence-electron chi connectivity index (χ3n) is 2.59. The molecule has 0 atom stereocenters. The van der Waals surface area contributed by atoms with Gasteiger partial charge >= 0.3 is 0 Å². The Balaban J connectivity index is 2.49. The van der Waals surface area contributed by atoms with Gasteiger partial charge in [0.05, 0.1) is 11.0 Å². The quantitative estimate of drug-likeness (QED) is 0.506. The lowest BCUT2D eigenvalue weighted by Crippen LogP contribution is -1.83. The molecule has 0 radical (unpaired) electrons. The van der Waals surface area contributed by atoms with Crippen LogP contribution >= 0.6 is 22.6 Å². The van der Waals surface area contributed by atoms with Crippen molar-refractivity contribution in [3.63, 3.8) is 0 Å². The molecule has 3 aromatic rings. The van der Waals surface area contributed by atoms with Crippen molar-refractivity contribution in [2.24, 2.45) is 0 Å². The number of halogens is 1. The Morgan fingerprint density at radius 3 is 2.75 bits per heavy atom. The maximum absolute atomic E-state index is 9.76. The minimum atomic E-state index is 0.283. The normalized spacial score (nSPS) is 11.1. The zero-order valence-corrected chi connectivity index (χ0v) is 10.5. The zero-order chi connectivity index (χ0) is 11.1. The predicted molar refractivity (Wildman–Crippen MR) is 73.6 cm³/mol. The molecule has 16 heavy (non-hydrogen) atoms. The summed E-state index contributed by atoms with van der Waals surface area (Å²) in [6.45, 7) is 0. The smallest absolute Gasteiger partial charge is 0.124 e. The molecule has 0 saturated carbocycles. The first-order valence-corrected chi connectivity index (χ1v) is 6.00. The van der Waals surface area contributed by atoms with E-state index >= 15 is 0 Å². The van der Waals surface area contributed by atoms with Gasteiger partial charge in [-0.05, 0) is 59.0 Å². The largest absolute Gasteiger partial charge is 0.507 e. The fourth-order valence-electron chi connectivity index (χ4n) is 1.81. The summed E-state index contributed by atoms with van der Waals surface area (Å²) in [6, 6.07) is 13.5. The van der Waals surface area contributed by atoms with E-state index in [-0.39, 0.29) is 5.75 Å². The molecule has 0 aliphatic heterocycles. The molecule has 0 fully saturated rings. The minimum absolute atomic E-state index is 0.283. The summed E-state index contributed by atoms with van der Waals surface area (Å²) in [4.78, 5) is 4.52. The molecule has 0 unspecified atom stereocenters. The first-order valence-electron chi connectivity index (χ1n) is 4.92. The second-order valence-corrected chi connectivity index (χ2v) is 4.91. The lowest BCUT2D eigenvalue weighted by molar-refractivity contribution is 0.481. The Kier molecular flexibility index (Phi) is 2.21. The highest BCUT2D eigenvalue weighted by Gasteiger charge is 2.03. The zero-order valence-electron chi connectivity index (χ0n) is 8.31. The summed E-state index contributed by atoms with van der Waals surface area (Å²) < 4.78 is 1.17. The average molecular weight is 321 g/mol. The van der Waals surface area contributed by atoms with Crippen LogP contribution in [0.2, 0.25) is 0 Å². The SMILES string of the molecule is Oc1cccc2nc3ccc(I)cc3cc12. The maximum atomic E-state index is 9.76. The maximum Gasteiger partial charge on any atom is 0.124 e. The molecule has 1 aromatic heterocycles. The van der Waals surface area contributed by atoms with Crippen LogP contribution in [-0.4, -0.2) is 10.1 Å². The minimum Gasteiger partial charge on any atom is -0.507 e. The van der Waals surface area contributed by atoms with Crippen LogP contribution in [0.1, 0.15) is 0 Å². The Bertz CT molecular complexity index is 694. The van der Waals surface area contributed by atoms with Gasteiger partial charge < -0.3 is 5.11 Å². The van der Waals surface area contributed by atoms with E-state index in [2.05, 4.69) is 33.6 Å². The molecule has 0 bridgehead atoms. The Hall–Kier alpha value is -1.36. The van der Waals surface area contributed by atoms with Crippen molar-refractivity contribution in [2.75, 3.05) is 0 Å². The summed E-state index contributed by atoms with van der Waals surface area (Å²) in [7, 11) is 0. The van der Waals surface area contributed by atoms with E-state index in [4.69, 9.17) is 0 Å². The van der Waals surface area contributed by atoms with E-state index < -0.39 is 0 Å². The van der Waals surface area contributed by atoms with Gasteiger partial charge in [-0.15, -0.1) is 0 Å². The molecule has 0 amide bonds. The van der Waals surface area contributed by atoms with Crippen molar-refractivity contribution >= 4 is 44.4 Å². The molecule has 0 saturated heterocycles. The van der Waals surface area contributed by atoms with Gasteiger partial charge in [0.15, 0.2) is 0 Å². The lowest BCUT2D eigenvalue weighted by atomic mass is 10.1. The molecule has 3 rings (SSSR count). The van der Waals surface area contributed by atoms with Gasteiger partial charge in [-0.3, -0.25) is 0 Å². The summed E-state index contributed by atoms with van der Waals surface area (Å²) >= 11 is 2.27. The van der Waals surface area contributed by atoms with E-state index in [0.717, 1.165) is 21.8 Å². The van der Waals surface area contributed by atoms with E-state index in [0.29, 0.717) is 0 Å². The van der Waals surface area contributed by atoms with Crippen molar-refractivity contribution < 1.29 is 5.11 Å². The van der Waals surface area contributed by atoms with Gasteiger partial charge in [0, 0.05) is 14.3 Å². The second kappa shape index (κ2) is 3.59. The van der Waals surface area contributed by atoms with E-state index in [1.54, 1.807) is 6.07 Å². The number of fused-ring (bicyclic) bond motifs is 2. The molecule has 78 valence electrons. The summed E-state index contributed by atoms with van der Waals surface area (Å²) in [6.07, 6.45) is 0. The molecule has 2 nitrogen and oxygen atoms in total. The third-order valence-corrected chi connectivity index (χ3v) is 3.26. The van der Waals surface area contributed by atoms with Crippen LogP contribution in [0.5, 0.6) is 5.75 Å². The standard InChI is InChI=1S/C13H8INO/c14-9-4-5-11-8(6-9)7-10-12(15-11)2-1-3-13(10)16/h1-7,16H. The Labute approximate surface area is 106 Å². The highest BCUT2D eigenvalue weighted by Crippen LogP contribution is 2.27. The fraction of sp³-hybridized carbons (Fsp3) is 0. The van der Waals surface area contributed by atoms with Gasteiger partial charge in [0.25, 0.3) is 0 Å². The number of nitrogens with zero attached hydrogens (tertiary/aromatic N) is 1. The van der Waals surface area contributed by atoms with Crippen molar-refractivity contribution in [2.45, 2.75) is 0 Å². The number of phenols is 1. The van der Waals surface area contributed by atoms with E-state index in [1.807, 2.05) is 30.3 Å². The molecule has 1 N–H and O–H groups in total. The highest BCUT2D eigenvalue weighted by molar-refractivity contribution is 14.1. The van der Waals surface area contributed by atoms with Crippen LogP contribution < -0.4 is 0 Å². The number of hydrogen-bond donors (Lipinski definition) is 1. The van der Waals surface area contributed by atoms with Crippen molar-refractivity contribution in [1.29, 1.82) is 0 Å². The van der Waals surface area contributed by atoms with Crippen molar-refractivity contribution in [3.8, 4) is 5.75 Å². The lowest BCUT2D eigenvalue weighted by Gasteiger charge is -2.03. The van der Waals surface area contributed by atoms with Gasteiger partial charge in [-0.25, -0.2) is 4.98 Å². The number of rotatable bonds is 0. The van der Waals surface area contributed by atoms with Crippen LogP contribution in [0, 0.1) is 3.57 Å². The summed E-state index contributed by atoms with van der Waals surface area (Å²) in [5.74, 6) is 0.283. The number of phenolic OH excluding ortho intramolecular Hbond substituents is 1. The average Bonchev–Trinajstić information content (AvgIpc) is 2.28. The molecule has 0 spiro atoms. The van der Waals surface area contributed by atoms with Crippen LogP contribution in [-0.2, 0) is 0 Å². The topological polar surface area (TPSA) is 33.1 Å². The van der Waals surface area contributed by atoms with Gasteiger partial charge in [0.1, 0.15) is 5.75 Å². The molecule has 2 aromatic carbocycles. The third kappa shape index (κ3) is 1.51. The Morgan fingerprint density at radius 2 is 1.88 bits per heavy atom. The number of benzene rings is 2. The van der Waals surface area contributed by atoms with Gasteiger partial charge in [0.2, 0.25) is 0 Å². The van der Waals surface area contributed by atoms with E-state index in [1.165, 1.54) is 3.57 Å². The van der Waals surface area contributed by atoms with E-state index in [9.17, 15) is 5.11 Å². The molecular formula is C13H8INO. The number of aromatic hydroxyl groups is 1. The molecule has 1 heterocycles. The van der Waals surface area contributed by atoms with Crippen molar-refractivity contribution in [1.82, 2.24) is 4.98 Å². The number of aromatic nitrogens is 1. The molecular weight excluding hydrogens is 313 g/mol. The first-order chi connectivity index (χ1) is 7.74. The monoisotopic (exact) mass is 321 g/mol. The summed E-state index contributed by atoms with van der Waals surface area (Å²) in [5, 5.41) is 11.6. The van der Waals surface area contributed by atoms with Gasteiger partial charge in [-0.2, -0.15) is 0 Å². The van der Waals surface area contributed by atoms with Crippen LogP contribution in [0.3, 0.4) is 0 Å². The number of hydrogen-bond acceptors (Lipinski definition) is 2. The molecule has 0 aliphatic carbocycles.